The Balaban J connectivity index is 1.36. The molecule has 1 N–H and O–H groups in total. The Bertz CT molecular complexity index is 716. The number of anilines is 1. The number of carbonyl (C=O) groups is 2. The maximum atomic E-state index is 13.1. The van der Waals surface area contributed by atoms with Gasteiger partial charge >= 0.3 is 0 Å². The summed E-state index contributed by atoms with van der Waals surface area (Å²) in [4.78, 5) is 40.4. The summed E-state index contributed by atoms with van der Waals surface area (Å²) in [5.74, 6) is 1.06. The van der Waals surface area contributed by atoms with Gasteiger partial charge in [0.2, 0.25) is 17.8 Å². The molecule has 32 heavy (non-hydrogen) atoms. The number of ether oxygens (including phenoxy) is 1. The van der Waals surface area contributed by atoms with Gasteiger partial charge in [0.1, 0.15) is 0 Å². The Kier molecular flexibility index (Phi) is 9.23. The largest absolute Gasteiger partial charge is 0.379 e. The first kappa shape index (κ1) is 24.4. The Labute approximate surface area is 191 Å². The molecule has 0 saturated carbocycles. The van der Waals surface area contributed by atoms with E-state index in [0.29, 0.717) is 26.2 Å². The highest BCUT2D eigenvalue weighted by Crippen LogP contribution is 2.20. The second-order valence-corrected chi connectivity index (χ2v) is 8.91. The molecule has 178 valence electrons. The van der Waals surface area contributed by atoms with Gasteiger partial charge in [-0.05, 0) is 59.2 Å². The summed E-state index contributed by atoms with van der Waals surface area (Å²) in [6, 6.07) is 1.65. The Morgan fingerprint density at radius 2 is 1.72 bits per heavy atom. The van der Waals surface area contributed by atoms with Gasteiger partial charge in [-0.25, -0.2) is 9.97 Å². The summed E-state index contributed by atoms with van der Waals surface area (Å²) < 4.78 is 5.51. The van der Waals surface area contributed by atoms with E-state index in [4.69, 9.17) is 4.74 Å². The number of carbonyl (C=O) groups excluding carboxylic acids is 2. The molecular weight excluding hydrogens is 408 g/mol. The lowest BCUT2D eigenvalue weighted by atomic mass is 9.94. The van der Waals surface area contributed by atoms with Gasteiger partial charge in [-0.3, -0.25) is 14.5 Å². The first-order chi connectivity index (χ1) is 15.5. The minimum atomic E-state index is -0.160. The lowest BCUT2D eigenvalue weighted by molar-refractivity contribution is -0.137. The van der Waals surface area contributed by atoms with Gasteiger partial charge in [0.05, 0.1) is 12.1 Å². The number of rotatable bonds is 9. The van der Waals surface area contributed by atoms with E-state index in [1.807, 2.05) is 25.7 Å². The first-order valence-electron chi connectivity index (χ1n) is 11.9. The fourth-order valence-corrected chi connectivity index (χ4v) is 4.30. The molecule has 1 aromatic heterocycles. The molecule has 3 rings (SSSR count). The highest BCUT2D eigenvalue weighted by atomic mass is 16.5. The average molecular weight is 447 g/mol. The lowest BCUT2D eigenvalue weighted by Gasteiger charge is -2.40. The van der Waals surface area contributed by atoms with Crippen molar-refractivity contribution in [3.05, 3.63) is 18.5 Å². The zero-order valence-electron chi connectivity index (χ0n) is 19.7. The summed E-state index contributed by atoms with van der Waals surface area (Å²) in [7, 11) is 0. The second-order valence-electron chi connectivity index (χ2n) is 8.91. The van der Waals surface area contributed by atoms with Crippen LogP contribution in [-0.2, 0) is 14.3 Å². The number of piperazine rings is 1. The standard InChI is InChI=1S/C23H38N6O3/c1-18(2)32-17-5-10-24-21(30)20-6-11-27(12-7-20)19(3)22(31)28-13-15-29(16-14-28)23-25-8-4-9-26-23/h4,8-9,18-20H,5-7,10-17H2,1-3H3,(H,24,30). The van der Waals surface area contributed by atoms with Gasteiger partial charge in [-0.15, -0.1) is 0 Å². The predicted molar refractivity (Wildman–Crippen MR) is 123 cm³/mol. The van der Waals surface area contributed by atoms with E-state index in [2.05, 4.69) is 25.1 Å². The number of aromatic nitrogens is 2. The maximum absolute atomic E-state index is 13.1. The molecule has 2 aliphatic rings. The Hall–Kier alpha value is -2.26. The van der Waals surface area contributed by atoms with Crippen LogP contribution in [0.1, 0.15) is 40.0 Å². The van der Waals surface area contributed by atoms with E-state index >= 15 is 0 Å². The van der Waals surface area contributed by atoms with Gasteiger partial charge in [0, 0.05) is 57.6 Å². The van der Waals surface area contributed by atoms with Crippen LogP contribution in [0.15, 0.2) is 18.5 Å². The maximum Gasteiger partial charge on any atom is 0.239 e. The monoisotopic (exact) mass is 446 g/mol. The van der Waals surface area contributed by atoms with Crippen molar-refractivity contribution in [1.29, 1.82) is 0 Å². The fraction of sp³-hybridized carbons (Fsp3) is 0.739. The molecular formula is C23H38N6O3. The molecule has 9 nitrogen and oxygen atoms in total. The normalized spacial score (nSPS) is 19.2. The molecule has 2 aliphatic heterocycles. The van der Waals surface area contributed by atoms with Crippen LogP contribution in [0, 0.1) is 5.92 Å². The van der Waals surface area contributed by atoms with Crippen LogP contribution in [0.3, 0.4) is 0 Å². The summed E-state index contributed by atoms with van der Waals surface area (Å²) in [5.41, 5.74) is 0. The molecule has 1 atom stereocenters. The van der Waals surface area contributed by atoms with Crippen LogP contribution < -0.4 is 10.2 Å². The smallest absolute Gasteiger partial charge is 0.239 e. The summed E-state index contributed by atoms with van der Waals surface area (Å²) in [5, 5.41) is 3.03. The van der Waals surface area contributed by atoms with Crippen molar-refractivity contribution in [2.75, 3.05) is 57.3 Å². The van der Waals surface area contributed by atoms with Crippen LogP contribution in [0.2, 0.25) is 0 Å². The van der Waals surface area contributed by atoms with Crippen LogP contribution in [-0.4, -0.2) is 96.1 Å². The molecule has 0 bridgehead atoms. The number of amides is 2. The van der Waals surface area contributed by atoms with Crippen molar-refractivity contribution in [3.63, 3.8) is 0 Å². The molecule has 1 unspecified atom stereocenters. The molecule has 3 heterocycles. The third kappa shape index (κ3) is 6.87. The minimum Gasteiger partial charge on any atom is -0.379 e. The van der Waals surface area contributed by atoms with E-state index in [0.717, 1.165) is 51.4 Å². The van der Waals surface area contributed by atoms with E-state index in [-0.39, 0.29) is 29.9 Å². The zero-order valence-corrected chi connectivity index (χ0v) is 19.7. The van der Waals surface area contributed by atoms with Crippen molar-refractivity contribution >= 4 is 17.8 Å². The second kappa shape index (κ2) is 12.1. The number of likely N-dealkylation sites (tertiary alicyclic amines) is 1. The van der Waals surface area contributed by atoms with E-state index in [9.17, 15) is 9.59 Å². The Morgan fingerprint density at radius 1 is 1.06 bits per heavy atom. The van der Waals surface area contributed by atoms with E-state index < -0.39 is 0 Å². The van der Waals surface area contributed by atoms with Gasteiger partial charge in [0.25, 0.3) is 0 Å². The molecule has 0 aliphatic carbocycles. The lowest BCUT2D eigenvalue weighted by Crippen LogP contribution is -2.55. The van der Waals surface area contributed by atoms with Crippen LogP contribution in [0.5, 0.6) is 0 Å². The molecule has 2 fully saturated rings. The van der Waals surface area contributed by atoms with Gasteiger partial charge in [-0.1, -0.05) is 0 Å². The van der Waals surface area contributed by atoms with Crippen molar-refractivity contribution in [3.8, 4) is 0 Å². The van der Waals surface area contributed by atoms with E-state index in [1.54, 1.807) is 18.5 Å². The molecule has 9 heteroatoms. The zero-order chi connectivity index (χ0) is 22.9. The number of nitrogens with one attached hydrogen (secondary N) is 1. The Morgan fingerprint density at radius 3 is 2.34 bits per heavy atom. The van der Waals surface area contributed by atoms with Gasteiger partial charge in [0.15, 0.2) is 0 Å². The van der Waals surface area contributed by atoms with Crippen LogP contribution in [0.4, 0.5) is 5.95 Å². The summed E-state index contributed by atoms with van der Waals surface area (Å²) >= 11 is 0. The molecule has 0 aromatic carbocycles. The topological polar surface area (TPSA) is 90.9 Å². The molecule has 1 aromatic rings. The van der Waals surface area contributed by atoms with E-state index in [1.165, 1.54) is 0 Å². The van der Waals surface area contributed by atoms with Crippen molar-refractivity contribution in [2.24, 2.45) is 5.92 Å². The molecule has 2 amide bonds. The number of nitrogens with zero attached hydrogens (tertiary/aromatic N) is 5. The summed E-state index contributed by atoms with van der Waals surface area (Å²) in [6.45, 7) is 11.7. The molecule has 0 radical (unpaired) electrons. The highest BCUT2D eigenvalue weighted by Gasteiger charge is 2.32. The number of hydrogen-bond acceptors (Lipinski definition) is 7. The summed E-state index contributed by atoms with van der Waals surface area (Å²) in [6.07, 6.45) is 6.13. The fourth-order valence-electron chi connectivity index (χ4n) is 4.30. The quantitative estimate of drug-likeness (QED) is 0.569. The average Bonchev–Trinajstić information content (AvgIpc) is 2.83. The highest BCUT2D eigenvalue weighted by molar-refractivity contribution is 5.82. The molecule has 2 saturated heterocycles. The van der Waals surface area contributed by atoms with Gasteiger partial charge in [-0.2, -0.15) is 0 Å². The molecule has 0 spiro atoms. The van der Waals surface area contributed by atoms with Crippen molar-refractivity contribution in [2.45, 2.75) is 52.2 Å². The number of hydrogen-bond donors (Lipinski definition) is 1. The van der Waals surface area contributed by atoms with Crippen molar-refractivity contribution < 1.29 is 14.3 Å². The van der Waals surface area contributed by atoms with Crippen molar-refractivity contribution in [1.82, 2.24) is 25.1 Å². The van der Waals surface area contributed by atoms with Crippen LogP contribution >= 0.6 is 0 Å². The third-order valence-electron chi connectivity index (χ3n) is 6.30. The van der Waals surface area contributed by atoms with Crippen LogP contribution in [0.25, 0.3) is 0 Å². The van der Waals surface area contributed by atoms with Gasteiger partial charge < -0.3 is 19.9 Å². The predicted octanol–water partition coefficient (Wildman–Crippen LogP) is 1.16. The third-order valence-corrected chi connectivity index (χ3v) is 6.30. The minimum absolute atomic E-state index is 0.0361. The number of piperidine rings is 1. The SMILES string of the molecule is CC(C)OCCCNC(=O)C1CCN(C(C)C(=O)N2CCN(c3ncccn3)CC2)CC1. The first-order valence-corrected chi connectivity index (χ1v) is 11.9.